The van der Waals surface area contributed by atoms with Gasteiger partial charge in [-0.3, -0.25) is 9.59 Å². The number of primary amides is 2. The van der Waals surface area contributed by atoms with Crippen LogP contribution >= 0.6 is 0 Å². The lowest BCUT2D eigenvalue weighted by atomic mass is 9.97. The molecule has 1 aromatic rings. The van der Waals surface area contributed by atoms with Gasteiger partial charge in [-0.15, -0.1) is 0 Å². The molecule has 0 fully saturated rings. The van der Waals surface area contributed by atoms with Crippen LogP contribution in [0.15, 0.2) is 24.3 Å². The molecule has 0 aromatic heterocycles. The average molecular weight is 244 g/mol. The van der Waals surface area contributed by atoms with Crippen LogP contribution in [0, 0.1) is 13.8 Å². The van der Waals surface area contributed by atoms with Crippen molar-refractivity contribution in [1.29, 1.82) is 0 Å². The van der Waals surface area contributed by atoms with Gasteiger partial charge in [-0.2, -0.15) is 0 Å². The average Bonchev–Trinajstić information content (AvgIpc) is 2.27. The molecule has 0 atom stereocenters. The SMILES string of the molecule is Cc1ccc(C=CC(N)=O)c(C)c1C=CC(N)=O. The van der Waals surface area contributed by atoms with Gasteiger partial charge in [0.1, 0.15) is 0 Å². The first kappa shape index (κ1) is 13.7. The second-order valence-electron chi connectivity index (χ2n) is 3.98. The number of hydrogen-bond donors (Lipinski definition) is 2. The zero-order chi connectivity index (χ0) is 13.7. The van der Waals surface area contributed by atoms with Gasteiger partial charge in [-0.05, 0) is 48.3 Å². The molecule has 0 spiro atoms. The molecule has 94 valence electrons. The number of hydrogen-bond acceptors (Lipinski definition) is 2. The Morgan fingerprint density at radius 2 is 1.56 bits per heavy atom. The standard InChI is InChI=1S/C14H16N2O2/c1-9-3-4-11(5-7-13(15)17)10(2)12(9)6-8-14(16)18/h3-8H,1-2H3,(H2,15,17)(H2,16,18). The second-order valence-corrected chi connectivity index (χ2v) is 3.98. The van der Waals surface area contributed by atoms with Crippen LogP contribution in [0.4, 0.5) is 0 Å². The highest BCUT2D eigenvalue weighted by Gasteiger charge is 2.03. The third kappa shape index (κ3) is 3.59. The van der Waals surface area contributed by atoms with Crippen molar-refractivity contribution in [2.24, 2.45) is 11.5 Å². The zero-order valence-electron chi connectivity index (χ0n) is 10.4. The molecule has 0 aliphatic rings. The van der Waals surface area contributed by atoms with Gasteiger partial charge in [0, 0.05) is 12.2 Å². The molecule has 18 heavy (non-hydrogen) atoms. The van der Waals surface area contributed by atoms with E-state index in [1.807, 2.05) is 26.0 Å². The number of benzene rings is 1. The third-order valence-corrected chi connectivity index (χ3v) is 2.62. The van der Waals surface area contributed by atoms with E-state index >= 15 is 0 Å². The van der Waals surface area contributed by atoms with Crippen molar-refractivity contribution in [2.75, 3.05) is 0 Å². The van der Waals surface area contributed by atoms with Crippen molar-refractivity contribution in [3.05, 3.63) is 46.5 Å². The second kappa shape index (κ2) is 5.82. The van der Waals surface area contributed by atoms with E-state index in [0.29, 0.717) is 0 Å². The Labute approximate surface area is 106 Å². The minimum absolute atomic E-state index is 0.494. The van der Waals surface area contributed by atoms with Crippen LogP contribution < -0.4 is 11.5 Å². The molecule has 4 heteroatoms. The Balaban J connectivity index is 3.22. The highest BCUT2D eigenvalue weighted by Crippen LogP contribution is 2.20. The number of aryl methyl sites for hydroxylation is 1. The summed E-state index contributed by atoms with van der Waals surface area (Å²) in [6, 6.07) is 3.81. The quantitative estimate of drug-likeness (QED) is 0.782. The molecule has 0 saturated carbocycles. The van der Waals surface area contributed by atoms with Crippen LogP contribution in [0.1, 0.15) is 22.3 Å². The van der Waals surface area contributed by atoms with Crippen LogP contribution in [0.3, 0.4) is 0 Å². The normalized spacial score (nSPS) is 11.2. The van der Waals surface area contributed by atoms with Crippen molar-refractivity contribution >= 4 is 24.0 Å². The van der Waals surface area contributed by atoms with Crippen molar-refractivity contribution in [1.82, 2.24) is 0 Å². The summed E-state index contributed by atoms with van der Waals surface area (Å²) in [5, 5.41) is 0. The predicted octanol–water partition coefficient (Wildman–Crippen LogP) is 1.30. The number of carbonyl (C=O) groups is 2. The van der Waals surface area contributed by atoms with Crippen molar-refractivity contribution < 1.29 is 9.59 Å². The molecule has 1 rings (SSSR count). The first-order valence-electron chi connectivity index (χ1n) is 5.47. The van der Waals surface area contributed by atoms with Crippen molar-refractivity contribution in [2.45, 2.75) is 13.8 Å². The molecule has 0 heterocycles. The van der Waals surface area contributed by atoms with Crippen LogP contribution in [0.2, 0.25) is 0 Å². The molecule has 0 bridgehead atoms. The van der Waals surface area contributed by atoms with Crippen LogP contribution in [0.5, 0.6) is 0 Å². The van der Waals surface area contributed by atoms with Crippen molar-refractivity contribution in [3.8, 4) is 0 Å². The summed E-state index contributed by atoms with van der Waals surface area (Å²) in [6.07, 6.45) is 5.95. The number of carbonyl (C=O) groups excluding carboxylic acids is 2. The molecule has 1 aromatic carbocycles. The summed E-state index contributed by atoms with van der Waals surface area (Å²) < 4.78 is 0. The molecule has 0 saturated heterocycles. The molecule has 0 unspecified atom stereocenters. The van der Waals surface area contributed by atoms with Gasteiger partial charge in [0.15, 0.2) is 0 Å². The maximum absolute atomic E-state index is 10.8. The Bertz CT molecular complexity index is 543. The van der Waals surface area contributed by atoms with Crippen LogP contribution in [-0.2, 0) is 9.59 Å². The monoisotopic (exact) mass is 244 g/mol. The van der Waals surface area contributed by atoms with E-state index in [-0.39, 0.29) is 0 Å². The Morgan fingerprint density at radius 3 is 2.11 bits per heavy atom. The van der Waals surface area contributed by atoms with Gasteiger partial charge in [0.2, 0.25) is 11.8 Å². The van der Waals surface area contributed by atoms with E-state index in [4.69, 9.17) is 11.5 Å². The van der Waals surface area contributed by atoms with Crippen molar-refractivity contribution in [3.63, 3.8) is 0 Å². The smallest absolute Gasteiger partial charge is 0.241 e. The van der Waals surface area contributed by atoms with E-state index in [1.54, 1.807) is 12.2 Å². The minimum atomic E-state index is -0.496. The summed E-state index contributed by atoms with van der Waals surface area (Å²) >= 11 is 0. The predicted molar refractivity (Wildman–Crippen MR) is 72.4 cm³/mol. The lowest BCUT2D eigenvalue weighted by Gasteiger charge is -2.08. The molecule has 2 amide bonds. The topological polar surface area (TPSA) is 86.2 Å². The molecule has 4 nitrogen and oxygen atoms in total. The molecule has 0 radical (unpaired) electrons. The van der Waals surface area contributed by atoms with E-state index in [0.717, 1.165) is 22.3 Å². The lowest BCUT2D eigenvalue weighted by Crippen LogP contribution is -2.06. The van der Waals surface area contributed by atoms with E-state index in [1.165, 1.54) is 12.2 Å². The van der Waals surface area contributed by atoms with Crippen LogP contribution in [-0.4, -0.2) is 11.8 Å². The summed E-state index contributed by atoms with van der Waals surface area (Å²) in [5.74, 6) is -0.990. The van der Waals surface area contributed by atoms with E-state index in [9.17, 15) is 9.59 Å². The largest absolute Gasteiger partial charge is 0.366 e. The Morgan fingerprint density at radius 1 is 1.00 bits per heavy atom. The molecular weight excluding hydrogens is 228 g/mol. The Kier molecular flexibility index (Phi) is 4.43. The number of nitrogens with two attached hydrogens (primary N) is 2. The summed E-state index contributed by atoms with van der Waals surface area (Å²) in [4.78, 5) is 21.5. The maximum atomic E-state index is 10.8. The maximum Gasteiger partial charge on any atom is 0.241 e. The molecule has 0 aliphatic carbocycles. The summed E-state index contributed by atoms with van der Waals surface area (Å²) in [7, 11) is 0. The molecule has 0 aliphatic heterocycles. The summed E-state index contributed by atoms with van der Waals surface area (Å²) in [5.41, 5.74) is 13.9. The van der Waals surface area contributed by atoms with Gasteiger partial charge < -0.3 is 11.5 Å². The van der Waals surface area contributed by atoms with Gasteiger partial charge >= 0.3 is 0 Å². The molecular formula is C14H16N2O2. The fraction of sp³-hybridized carbons (Fsp3) is 0.143. The fourth-order valence-electron chi connectivity index (χ4n) is 1.66. The lowest BCUT2D eigenvalue weighted by molar-refractivity contribution is -0.114. The molecule has 4 N–H and O–H groups in total. The Hall–Kier alpha value is -2.36. The first-order valence-corrected chi connectivity index (χ1v) is 5.47. The minimum Gasteiger partial charge on any atom is -0.366 e. The van der Waals surface area contributed by atoms with Gasteiger partial charge in [0.25, 0.3) is 0 Å². The number of amides is 2. The van der Waals surface area contributed by atoms with Gasteiger partial charge in [-0.25, -0.2) is 0 Å². The fourth-order valence-corrected chi connectivity index (χ4v) is 1.66. The van der Waals surface area contributed by atoms with Gasteiger partial charge in [0.05, 0.1) is 0 Å². The summed E-state index contributed by atoms with van der Waals surface area (Å²) in [6.45, 7) is 3.85. The third-order valence-electron chi connectivity index (χ3n) is 2.62. The highest BCUT2D eigenvalue weighted by atomic mass is 16.1. The number of rotatable bonds is 4. The van der Waals surface area contributed by atoms with Crippen LogP contribution in [0.25, 0.3) is 12.2 Å². The van der Waals surface area contributed by atoms with E-state index in [2.05, 4.69) is 0 Å². The van der Waals surface area contributed by atoms with E-state index < -0.39 is 11.8 Å². The van der Waals surface area contributed by atoms with Gasteiger partial charge in [-0.1, -0.05) is 12.1 Å². The first-order chi connectivity index (χ1) is 8.41. The zero-order valence-corrected chi connectivity index (χ0v) is 10.4. The highest BCUT2D eigenvalue weighted by molar-refractivity contribution is 5.92.